The van der Waals surface area contributed by atoms with Crippen molar-refractivity contribution in [1.82, 2.24) is 0 Å². The highest BCUT2D eigenvalue weighted by molar-refractivity contribution is 7.99. The van der Waals surface area contributed by atoms with E-state index < -0.39 is 0 Å². The van der Waals surface area contributed by atoms with Crippen molar-refractivity contribution in [2.75, 3.05) is 11.5 Å². The van der Waals surface area contributed by atoms with E-state index in [9.17, 15) is 4.79 Å². The Morgan fingerprint density at radius 1 is 1.17 bits per heavy atom. The second kappa shape index (κ2) is 9.11. The molecule has 0 aromatic rings. The standard InChI is InChI=1S/C10H20OS/c1-3-4-5-6-7-8-12-9-10(2)11/h3-9H2,1-2H3. The van der Waals surface area contributed by atoms with E-state index in [1.54, 1.807) is 18.7 Å². The van der Waals surface area contributed by atoms with E-state index in [-0.39, 0.29) is 0 Å². The van der Waals surface area contributed by atoms with Gasteiger partial charge in [-0.15, -0.1) is 0 Å². The van der Waals surface area contributed by atoms with E-state index in [1.807, 2.05) is 0 Å². The van der Waals surface area contributed by atoms with Gasteiger partial charge in [0.25, 0.3) is 0 Å². The lowest BCUT2D eigenvalue weighted by Crippen LogP contribution is -1.94. The van der Waals surface area contributed by atoms with Crippen molar-refractivity contribution >= 4 is 17.5 Å². The fourth-order valence-corrected chi connectivity index (χ4v) is 1.86. The van der Waals surface area contributed by atoms with Gasteiger partial charge in [0.1, 0.15) is 5.78 Å². The van der Waals surface area contributed by atoms with Crippen LogP contribution >= 0.6 is 11.8 Å². The summed E-state index contributed by atoms with van der Waals surface area (Å²) in [7, 11) is 0. The number of hydrogen-bond acceptors (Lipinski definition) is 2. The Morgan fingerprint density at radius 3 is 2.42 bits per heavy atom. The molecule has 0 amide bonds. The first-order valence-electron chi connectivity index (χ1n) is 4.84. The van der Waals surface area contributed by atoms with Crippen molar-refractivity contribution < 1.29 is 4.79 Å². The van der Waals surface area contributed by atoms with Gasteiger partial charge in [-0.2, -0.15) is 11.8 Å². The molecule has 1 nitrogen and oxygen atoms in total. The maximum atomic E-state index is 10.6. The largest absolute Gasteiger partial charge is 0.299 e. The highest BCUT2D eigenvalue weighted by atomic mass is 32.2. The number of thioether (sulfide) groups is 1. The van der Waals surface area contributed by atoms with Gasteiger partial charge < -0.3 is 0 Å². The van der Waals surface area contributed by atoms with Crippen LogP contribution in [0.4, 0.5) is 0 Å². The van der Waals surface area contributed by atoms with Gasteiger partial charge in [0.15, 0.2) is 0 Å². The monoisotopic (exact) mass is 188 g/mol. The maximum Gasteiger partial charge on any atom is 0.139 e. The lowest BCUT2D eigenvalue weighted by molar-refractivity contribution is -0.114. The molecule has 0 bridgehead atoms. The summed E-state index contributed by atoms with van der Waals surface area (Å²) in [5.74, 6) is 2.16. The zero-order chi connectivity index (χ0) is 9.23. The fourth-order valence-electron chi connectivity index (χ4n) is 1.02. The fraction of sp³-hybridized carbons (Fsp3) is 0.900. The third-order valence-corrected chi connectivity index (χ3v) is 2.89. The number of unbranched alkanes of at least 4 members (excludes halogenated alkanes) is 4. The number of hydrogen-bond donors (Lipinski definition) is 0. The van der Waals surface area contributed by atoms with Crippen LogP contribution in [0.1, 0.15) is 46.0 Å². The minimum Gasteiger partial charge on any atom is -0.299 e. The highest BCUT2D eigenvalue weighted by Crippen LogP contribution is 2.08. The summed E-state index contributed by atoms with van der Waals surface area (Å²) < 4.78 is 0. The Bertz CT molecular complexity index is 112. The van der Waals surface area contributed by atoms with Gasteiger partial charge in [0, 0.05) is 0 Å². The molecule has 0 heterocycles. The molecule has 2 heteroatoms. The molecule has 0 unspecified atom stereocenters. The summed E-state index contributed by atoms with van der Waals surface area (Å²) in [6.07, 6.45) is 6.63. The molecule has 0 fully saturated rings. The molecule has 0 aliphatic heterocycles. The van der Waals surface area contributed by atoms with Crippen LogP contribution in [-0.4, -0.2) is 17.3 Å². The third-order valence-electron chi connectivity index (χ3n) is 1.70. The molecule has 0 aliphatic carbocycles. The maximum absolute atomic E-state index is 10.6. The van der Waals surface area contributed by atoms with Crippen molar-refractivity contribution in [3.8, 4) is 0 Å². The Balaban J connectivity index is 2.86. The van der Waals surface area contributed by atoms with Crippen LogP contribution in [0, 0.1) is 0 Å². The van der Waals surface area contributed by atoms with Crippen LogP contribution in [0.2, 0.25) is 0 Å². The molecule has 0 aromatic heterocycles. The van der Waals surface area contributed by atoms with Crippen LogP contribution in [-0.2, 0) is 4.79 Å². The van der Waals surface area contributed by atoms with Crippen LogP contribution in [0.3, 0.4) is 0 Å². The molecular formula is C10H20OS. The lowest BCUT2D eigenvalue weighted by Gasteiger charge is -1.98. The van der Waals surface area contributed by atoms with Crippen LogP contribution in [0.25, 0.3) is 0 Å². The second-order valence-electron chi connectivity index (χ2n) is 3.17. The average molecular weight is 188 g/mol. The summed E-state index contributed by atoms with van der Waals surface area (Å²) in [6.45, 7) is 3.88. The predicted molar refractivity (Wildman–Crippen MR) is 56.8 cm³/mol. The molecule has 0 atom stereocenters. The van der Waals surface area contributed by atoms with Crippen molar-refractivity contribution in [2.24, 2.45) is 0 Å². The molecule has 0 aliphatic rings. The van der Waals surface area contributed by atoms with Crippen LogP contribution in [0.5, 0.6) is 0 Å². The number of carbonyl (C=O) groups excluding carboxylic acids is 1. The third kappa shape index (κ3) is 10.0. The predicted octanol–water partition coefficient (Wildman–Crippen LogP) is 3.28. The van der Waals surface area contributed by atoms with Gasteiger partial charge in [-0.1, -0.05) is 32.6 Å². The normalized spacial score (nSPS) is 10.2. The Labute approximate surface area is 80.3 Å². The summed E-state index contributed by atoms with van der Waals surface area (Å²) in [6, 6.07) is 0. The molecule has 72 valence electrons. The summed E-state index contributed by atoms with van der Waals surface area (Å²) in [4.78, 5) is 10.6. The lowest BCUT2D eigenvalue weighted by atomic mass is 10.2. The van der Waals surface area contributed by atoms with E-state index in [2.05, 4.69) is 6.92 Å². The van der Waals surface area contributed by atoms with Gasteiger partial charge in [0.05, 0.1) is 5.75 Å². The van der Waals surface area contributed by atoms with Crippen molar-refractivity contribution in [3.05, 3.63) is 0 Å². The summed E-state index contributed by atoms with van der Waals surface area (Å²) >= 11 is 1.77. The molecule has 0 spiro atoms. The molecule has 0 radical (unpaired) electrons. The van der Waals surface area contributed by atoms with E-state index in [1.165, 1.54) is 32.1 Å². The van der Waals surface area contributed by atoms with Gasteiger partial charge in [-0.3, -0.25) is 4.79 Å². The average Bonchev–Trinajstić information content (AvgIpc) is 2.02. The number of Topliss-reactive ketones (excluding diaryl/α,β-unsaturated/α-hetero) is 1. The highest BCUT2D eigenvalue weighted by Gasteiger charge is 1.93. The molecule has 0 saturated heterocycles. The van der Waals surface area contributed by atoms with Crippen LogP contribution < -0.4 is 0 Å². The zero-order valence-corrected chi connectivity index (χ0v) is 9.08. The van der Waals surface area contributed by atoms with Gasteiger partial charge in [0.2, 0.25) is 0 Å². The SMILES string of the molecule is CCCCCCCSCC(C)=O. The van der Waals surface area contributed by atoms with Gasteiger partial charge in [-0.25, -0.2) is 0 Å². The first-order chi connectivity index (χ1) is 5.77. The smallest absolute Gasteiger partial charge is 0.139 e. The quantitative estimate of drug-likeness (QED) is 0.544. The second-order valence-corrected chi connectivity index (χ2v) is 4.27. The number of rotatable bonds is 8. The molecule has 12 heavy (non-hydrogen) atoms. The summed E-state index contributed by atoms with van der Waals surface area (Å²) in [5, 5.41) is 0. The van der Waals surface area contributed by atoms with E-state index in [0.29, 0.717) is 11.5 Å². The zero-order valence-electron chi connectivity index (χ0n) is 8.27. The number of carbonyl (C=O) groups is 1. The van der Waals surface area contributed by atoms with Gasteiger partial charge in [-0.05, 0) is 19.1 Å². The molecule has 0 aromatic carbocycles. The van der Waals surface area contributed by atoms with E-state index in [4.69, 9.17) is 0 Å². The van der Waals surface area contributed by atoms with E-state index in [0.717, 1.165) is 5.75 Å². The first-order valence-corrected chi connectivity index (χ1v) is 6.00. The van der Waals surface area contributed by atoms with Gasteiger partial charge >= 0.3 is 0 Å². The first kappa shape index (κ1) is 12.0. The number of ketones is 1. The molecule has 0 N–H and O–H groups in total. The minimum absolute atomic E-state index is 0.300. The molecule has 0 saturated carbocycles. The van der Waals surface area contributed by atoms with E-state index >= 15 is 0 Å². The molecular weight excluding hydrogens is 168 g/mol. The summed E-state index contributed by atoms with van der Waals surface area (Å²) in [5.41, 5.74) is 0. The Kier molecular flexibility index (Phi) is 9.13. The van der Waals surface area contributed by atoms with Crippen molar-refractivity contribution in [3.63, 3.8) is 0 Å². The van der Waals surface area contributed by atoms with Crippen molar-refractivity contribution in [2.45, 2.75) is 46.0 Å². The molecule has 0 rings (SSSR count). The van der Waals surface area contributed by atoms with Crippen molar-refractivity contribution in [1.29, 1.82) is 0 Å². The minimum atomic E-state index is 0.300. The Morgan fingerprint density at radius 2 is 1.83 bits per heavy atom. The topological polar surface area (TPSA) is 17.1 Å². The Hall–Kier alpha value is 0.0200. The van der Waals surface area contributed by atoms with Crippen LogP contribution in [0.15, 0.2) is 0 Å².